The van der Waals surface area contributed by atoms with E-state index < -0.39 is 0 Å². The molecule has 0 saturated carbocycles. The van der Waals surface area contributed by atoms with Crippen molar-refractivity contribution in [1.82, 2.24) is 0 Å². The molecule has 0 bridgehead atoms. The van der Waals surface area contributed by atoms with E-state index in [4.69, 9.17) is 18.9 Å². The number of ether oxygens (including phenoxy) is 4. The predicted molar refractivity (Wildman–Crippen MR) is 162 cm³/mol. The molecule has 0 atom stereocenters. The SMILES string of the molecule is COc1ccc(CCc2cccc(Oc3ccc(CO)cc3OCc3ccccc3)c2)cc1Oc1ccc(CO)cc1. The van der Waals surface area contributed by atoms with Crippen LogP contribution in [0.3, 0.4) is 0 Å². The molecule has 2 N–H and O–H groups in total. The van der Waals surface area contributed by atoms with E-state index in [9.17, 15) is 10.2 Å². The summed E-state index contributed by atoms with van der Waals surface area (Å²) in [5, 5.41) is 18.9. The van der Waals surface area contributed by atoms with Crippen molar-refractivity contribution >= 4 is 0 Å². The molecule has 5 rings (SSSR count). The van der Waals surface area contributed by atoms with Crippen LogP contribution in [0.5, 0.6) is 34.5 Å². The highest BCUT2D eigenvalue weighted by molar-refractivity contribution is 5.47. The van der Waals surface area contributed by atoms with Crippen LogP contribution in [0.4, 0.5) is 0 Å². The van der Waals surface area contributed by atoms with Crippen LogP contribution in [0.25, 0.3) is 0 Å². The lowest BCUT2D eigenvalue weighted by molar-refractivity contribution is 0.274. The van der Waals surface area contributed by atoms with Gasteiger partial charge in [0.15, 0.2) is 23.0 Å². The van der Waals surface area contributed by atoms with Gasteiger partial charge in [-0.05, 0) is 89.2 Å². The molecule has 0 amide bonds. The quantitative estimate of drug-likeness (QED) is 0.154. The first-order valence-electron chi connectivity index (χ1n) is 13.9. The fourth-order valence-corrected chi connectivity index (χ4v) is 4.51. The molecule has 0 saturated heterocycles. The highest BCUT2D eigenvalue weighted by Crippen LogP contribution is 2.35. The zero-order chi connectivity index (χ0) is 29.1. The molecule has 5 aromatic carbocycles. The van der Waals surface area contributed by atoms with E-state index in [-0.39, 0.29) is 13.2 Å². The molecule has 214 valence electrons. The minimum Gasteiger partial charge on any atom is -0.493 e. The topological polar surface area (TPSA) is 77.4 Å². The van der Waals surface area contributed by atoms with Gasteiger partial charge < -0.3 is 29.2 Å². The van der Waals surface area contributed by atoms with Crippen LogP contribution in [0.15, 0.2) is 115 Å². The summed E-state index contributed by atoms with van der Waals surface area (Å²) in [6, 6.07) is 36.7. The van der Waals surface area contributed by atoms with E-state index >= 15 is 0 Å². The van der Waals surface area contributed by atoms with Crippen LogP contribution in [-0.2, 0) is 32.7 Å². The average molecular weight is 563 g/mol. The second-order valence-electron chi connectivity index (χ2n) is 9.85. The molecule has 0 aliphatic rings. The molecular weight excluding hydrogens is 528 g/mol. The summed E-state index contributed by atoms with van der Waals surface area (Å²) in [5.41, 5.74) is 4.87. The van der Waals surface area contributed by atoms with Crippen molar-refractivity contribution in [2.45, 2.75) is 32.7 Å². The number of hydrogen-bond donors (Lipinski definition) is 2. The lowest BCUT2D eigenvalue weighted by atomic mass is 10.0. The Balaban J connectivity index is 1.26. The van der Waals surface area contributed by atoms with Crippen molar-refractivity contribution in [2.24, 2.45) is 0 Å². The van der Waals surface area contributed by atoms with E-state index in [2.05, 4.69) is 6.07 Å². The molecule has 42 heavy (non-hydrogen) atoms. The predicted octanol–water partition coefficient (Wildman–Crippen LogP) is 7.63. The Hall–Kier alpha value is -4.78. The number of rotatable bonds is 13. The van der Waals surface area contributed by atoms with Crippen LogP contribution in [0, 0.1) is 0 Å². The molecule has 0 aliphatic carbocycles. The number of methoxy groups -OCH3 is 1. The fraction of sp³-hybridized carbons (Fsp3) is 0.167. The van der Waals surface area contributed by atoms with Crippen molar-refractivity contribution in [3.8, 4) is 34.5 Å². The van der Waals surface area contributed by atoms with Gasteiger partial charge >= 0.3 is 0 Å². The lowest BCUT2D eigenvalue weighted by Gasteiger charge is -2.15. The molecule has 5 aromatic rings. The normalized spacial score (nSPS) is 10.7. The number of aryl methyl sites for hydroxylation is 2. The third kappa shape index (κ3) is 7.69. The average Bonchev–Trinajstić information content (AvgIpc) is 3.04. The van der Waals surface area contributed by atoms with Gasteiger partial charge in [-0.15, -0.1) is 0 Å². The van der Waals surface area contributed by atoms with Gasteiger partial charge in [0.2, 0.25) is 0 Å². The van der Waals surface area contributed by atoms with Crippen LogP contribution >= 0.6 is 0 Å². The number of benzene rings is 5. The Morgan fingerprint density at radius 2 is 1.10 bits per heavy atom. The summed E-state index contributed by atoms with van der Waals surface area (Å²) in [5.74, 6) is 3.83. The molecular formula is C36H34O6. The third-order valence-electron chi connectivity index (χ3n) is 6.82. The zero-order valence-corrected chi connectivity index (χ0v) is 23.5. The van der Waals surface area contributed by atoms with Crippen LogP contribution in [0.2, 0.25) is 0 Å². The Labute approximate surface area is 246 Å². The first-order valence-corrected chi connectivity index (χ1v) is 13.9. The lowest BCUT2D eigenvalue weighted by Crippen LogP contribution is -1.99. The molecule has 6 nitrogen and oxygen atoms in total. The molecule has 0 spiro atoms. The van der Waals surface area contributed by atoms with Gasteiger partial charge in [-0.2, -0.15) is 0 Å². The summed E-state index contributed by atoms with van der Waals surface area (Å²) in [6.07, 6.45) is 1.60. The standard InChI is InChI=1S/C36H34O6/c1-39-33-18-14-27(21-36(33)41-31-16-12-28(23-37)13-17-31)11-10-26-8-5-9-32(20-26)42-34-19-15-30(24-38)22-35(34)40-25-29-6-3-2-4-7-29/h2-9,12-22,37-38H,10-11,23-25H2,1H3. The Morgan fingerprint density at radius 1 is 0.476 bits per heavy atom. The van der Waals surface area contributed by atoms with E-state index in [0.717, 1.165) is 40.7 Å². The van der Waals surface area contributed by atoms with Gasteiger partial charge in [0.1, 0.15) is 18.1 Å². The largest absolute Gasteiger partial charge is 0.493 e. The summed E-state index contributed by atoms with van der Waals surface area (Å²) >= 11 is 0. The maximum Gasteiger partial charge on any atom is 0.169 e. The van der Waals surface area contributed by atoms with Gasteiger partial charge in [-0.1, -0.05) is 66.7 Å². The summed E-state index contributed by atoms with van der Waals surface area (Å²) in [6.45, 7) is 0.309. The Kier molecular flexibility index (Phi) is 9.73. The molecule has 0 fully saturated rings. The second-order valence-corrected chi connectivity index (χ2v) is 9.85. The molecule has 0 aromatic heterocycles. The number of aliphatic hydroxyl groups excluding tert-OH is 2. The van der Waals surface area contributed by atoms with Crippen molar-refractivity contribution in [3.05, 3.63) is 143 Å². The van der Waals surface area contributed by atoms with Crippen LogP contribution < -0.4 is 18.9 Å². The van der Waals surface area contributed by atoms with Gasteiger partial charge in [-0.3, -0.25) is 0 Å². The molecule has 6 heteroatoms. The van der Waals surface area contributed by atoms with E-state index in [1.165, 1.54) is 0 Å². The first kappa shape index (κ1) is 28.7. The van der Waals surface area contributed by atoms with E-state index in [1.807, 2.05) is 109 Å². The summed E-state index contributed by atoms with van der Waals surface area (Å²) in [7, 11) is 1.62. The summed E-state index contributed by atoms with van der Waals surface area (Å²) < 4.78 is 24.0. The highest BCUT2D eigenvalue weighted by Gasteiger charge is 2.11. The Morgan fingerprint density at radius 3 is 1.83 bits per heavy atom. The molecule has 0 heterocycles. The van der Waals surface area contributed by atoms with Crippen LogP contribution in [0.1, 0.15) is 27.8 Å². The number of hydrogen-bond acceptors (Lipinski definition) is 6. The van der Waals surface area contributed by atoms with Crippen molar-refractivity contribution in [2.75, 3.05) is 7.11 Å². The third-order valence-corrected chi connectivity index (χ3v) is 6.82. The maximum atomic E-state index is 9.64. The zero-order valence-electron chi connectivity index (χ0n) is 23.5. The van der Waals surface area contributed by atoms with E-state index in [0.29, 0.717) is 41.1 Å². The van der Waals surface area contributed by atoms with Crippen molar-refractivity contribution in [1.29, 1.82) is 0 Å². The smallest absolute Gasteiger partial charge is 0.169 e. The molecule has 0 aliphatic heterocycles. The monoisotopic (exact) mass is 562 g/mol. The minimum absolute atomic E-state index is 0.00941. The highest BCUT2D eigenvalue weighted by atomic mass is 16.5. The van der Waals surface area contributed by atoms with Gasteiger partial charge in [-0.25, -0.2) is 0 Å². The van der Waals surface area contributed by atoms with Crippen molar-refractivity contribution < 1.29 is 29.2 Å². The second kappa shape index (κ2) is 14.2. The molecule has 0 radical (unpaired) electrons. The maximum absolute atomic E-state index is 9.64. The first-order chi connectivity index (χ1) is 20.6. The Bertz CT molecular complexity index is 1580. The number of aliphatic hydroxyl groups is 2. The summed E-state index contributed by atoms with van der Waals surface area (Å²) in [4.78, 5) is 0. The minimum atomic E-state index is -0.0778. The van der Waals surface area contributed by atoms with Crippen LogP contribution in [-0.4, -0.2) is 17.3 Å². The molecule has 0 unspecified atom stereocenters. The van der Waals surface area contributed by atoms with Crippen molar-refractivity contribution in [3.63, 3.8) is 0 Å². The fourth-order valence-electron chi connectivity index (χ4n) is 4.51. The van der Waals surface area contributed by atoms with Gasteiger partial charge in [0, 0.05) is 0 Å². The van der Waals surface area contributed by atoms with Gasteiger partial charge in [0.05, 0.1) is 20.3 Å². The van der Waals surface area contributed by atoms with E-state index in [1.54, 1.807) is 7.11 Å². The van der Waals surface area contributed by atoms with Gasteiger partial charge in [0.25, 0.3) is 0 Å².